The summed E-state index contributed by atoms with van der Waals surface area (Å²) < 4.78 is 5.42. The van der Waals surface area contributed by atoms with Gasteiger partial charge in [-0.25, -0.2) is 4.98 Å². The van der Waals surface area contributed by atoms with Crippen LogP contribution in [0.2, 0.25) is 0 Å². The van der Waals surface area contributed by atoms with E-state index in [0.717, 1.165) is 53.2 Å². The van der Waals surface area contributed by atoms with Gasteiger partial charge in [-0.1, -0.05) is 18.2 Å². The minimum atomic E-state index is 0.809. The maximum atomic E-state index is 5.42. The zero-order valence-electron chi connectivity index (χ0n) is 14.8. The average molecular weight is 324 g/mol. The minimum absolute atomic E-state index is 0.809. The molecule has 2 aromatic heterocycles. The number of methoxy groups -OCH3 is 1. The summed E-state index contributed by atoms with van der Waals surface area (Å²) in [6.45, 7) is 5.90. The second kappa shape index (κ2) is 7.01. The van der Waals surface area contributed by atoms with E-state index >= 15 is 0 Å². The molecule has 0 aliphatic carbocycles. The lowest BCUT2D eigenvalue weighted by atomic mass is 10.1. The Kier molecular flexibility index (Phi) is 4.81. The number of fused-ring (bicyclic) bond motifs is 1. The van der Waals surface area contributed by atoms with Crippen LogP contribution in [0, 0.1) is 13.8 Å². The standard InChI is InChI=1S/C19H24N4O/c1-13-17(14(2)22-21-13)10-11-23(3)12-16-9-8-15-6-5-7-18(24-4)19(15)20-16/h5-9H,10-12H2,1-4H3,(H,21,22). The van der Waals surface area contributed by atoms with E-state index < -0.39 is 0 Å². The molecule has 0 bridgehead atoms. The molecule has 24 heavy (non-hydrogen) atoms. The first-order chi connectivity index (χ1) is 11.6. The molecule has 3 rings (SSSR count). The highest BCUT2D eigenvalue weighted by molar-refractivity contribution is 5.84. The van der Waals surface area contributed by atoms with Crippen LogP contribution < -0.4 is 4.74 Å². The van der Waals surface area contributed by atoms with E-state index in [4.69, 9.17) is 9.72 Å². The summed E-state index contributed by atoms with van der Waals surface area (Å²) in [5.41, 5.74) is 5.54. The molecule has 0 fully saturated rings. The molecule has 2 heterocycles. The number of ether oxygens (including phenoxy) is 1. The smallest absolute Gasteiger partial charge is 0.145 e. The Morgan fingerprint density at radius 3 is 2.71 bits per heavy atom. The fourth-order valence-electron chi connectivity index (χ4n) is 3.01. The van der Waals surface area contributed by atoms with Gasteiger partial charge in [-0.15, -0.1) is 0 Å². The molecule has 0 spiro atoms. The van der Waals surface area contributed by atoms with Crippen molar-refractivity contribution in [2.24, 2.45) is 0 Å². The molecule has 0 radical (unpaired) electrons. The minimum Gasteiger partial charge on any atom is -0.494 e. The molecule has 0 unspecified atom stereocenters. The van der Waals surface area contributed by atoms with Crippen LogP contribution in [0.15, 0.2) is 30.3 Å². The molecule has 1 aromatic carbocycles. The number of nitrogens with zero attached hydrogens (tertiary/aromatic N) is 3. The van der Waals surface area contributed by atoms with Crippen molar-refractivity contribution in [1.82, 2.24) is 20.1 Å². The predicted octanol–water partition coefficient (Wildman–Crippen LogP) is 3.26. The largest absolute Gasteiger partial charge is 0.494 e. The van der Waals surface area contributed by atoms with Crippen molar-refractivity contribution in [1.29, 1.82) is 0 Å². The maximum Gasteiger partial charge on any atom is 0.145 e. The summed E-state index contributed by atoms with van der Waals surface area (Å²) in [7, 11) is 3.81. The lowest BCUT2D eigenvalue weighted by molar-refractivity contribution is 0.327. The Hall–Kier alpha value is -2.40. The van der Waals surface area contributed by atoms with Gasteiger partial charge in [0.1, 0.15) is 11.3 Å². The summed E-state index contributed by atoms with van der Waals surface area (Å²) in [6.07, 6.45) is 0.988. The highest BCUT2D eigenvalue weighted by Crippen LogP contribution is 2.23. The van der Waals surface area contributed by atoms with Crippen molar-refractivity contribution in [3.63, 3.8) is 0 Å². The van der Waals surface area contributed by atoms with Gasteiger partial charge in [0.2, 0.25) is 0 Å². The Bertz CT molecular complexity index is 821. The number of aromatic amines is 1. The molecular weight excluding hydrogens is 300 g/mol. The number of pyridine rings is 1. The van der Waals surface area contributed by atoms with Crippen LogP contribution in [0.25, 0.3) is 10.9 Å². The van der Waals surface area contributed by atoms with E-state index in [1.54, 1.807) is 7.11 Å². The van der Waals surface area contributed by atoms with Gasteiger partial charge in [-0.05, 0) is 45.0 Å². The van der Waals surface area contributed by atoms with Gasteiger partial charge in [-0.2, -0.15) is 5.10 Å². The summed E-state index contributed by atoms with van der Waals surface area (Å²) in [4.78, 5) is 7.07. The number of rotatable bonds is 6. The second-order valence-corrected chi connectivity index (χ2v) is 6.23. The maximum absolute atomic E-state index is 5.42. The Morgan fingerprint density at radius 1 is 1.17 bits per heavy atom. The highest BCUT2D eigenvalue weighted by atomic mass is 16.5. The van der Waals surface area contributed by atoms with E-state index in [9.17, 15) is 0 Å². The molecule has 0 saturated carbocycles. The van der Waals surface area contributed by atoms with Gasteiger partial charge in [0.05, 0.1) is 18.5 Å². The molecule has 0 saturated heterocycles. The van der Waals surface area contributed by atoms with Crippen molar-refractivity contribution < 1.29 is 4.74 Å². The number of likely N-dealkylation sites (N-methyl/N-ethyl adjacent to an activating group) is 1. The number of para-hydroxylation sites is 1. The van der Waals surface area contributed by atoms with E-state index in [0.29, 0.717) is 0 Å². The van der Waals surface area contributed by atoms with Crippen LogP contribution in [-0.2, 0) is 13.0 Å². The summed E-state index contributed by atoms with van der Waals surface area (Å²) >= 11 is 0. The number of nitrogens with one attached hydrogen (secondary N) is 1. The van der Waals surface area contributed by atoms with Crippen molar-refractivity contribution >= 4 is 10.9 Å². The molecule has 1 N–H and O–H groups in total. The van der Waals surface area contributed by atoms with Crippen LogP contribution in [0.3, 0.4) is 0 Å². The number of H-pyrrole nitrogens is 1. The van der Waals surface area contributed by atoms with E-state index in [1.807, 2.05) is 12.1 Å². The molecule has 0 atom stereocenters. The van der Waals surface area contributed by atoms with Crippen LogP contribution >= 0.6 is 0 Å². The fraction of sp³-hybridized carbons (Fsp3) is 0.368. The number of benzene rings is 1. The summed E-state index contributed by atoms with van der Waals surface area (Å²) in [5.74, 6) is 0.821. The van der Waals surface area contributed by atoms with Crippen molar-refractivity contribution in [2.45, 2.75) is 26.8 Å². The first-order valence-electron chi connectivity index (χ1n) is 8.20. The highest BCUT2D eigenvalue weighted by Gasteiger charge is 2.09. The number of aromatic nitrogens is 3. The number of hydrogen-bond donors (Lipinski definition) is 1. The van der Waals surface area contributed by atoms with E-state index in [-0.39, 0.29) is 0 Å². The van der Waals surface area contributed by atoms with Crippen LogP contribution in [-0.4, -0.2) is 40.8 Å². The average Bonchev–Trinajstić information content (AvgIpc) is 2.90. The molecule has 3 aromatic rings. The van der Waals surface area contributed by atoms with E-state index in [1.165, 1.54) is 5.56 Å². The lowest BCUT2D eigenvalue weighted by Crippen LogP contribution is -2.21. The molecule has 5 heteroatoms. The molecule has 5 nitrogen and oxygen atoms in total. The molecule has 126 valence electrons. The quantitative estimate of drug-likeness (QED) is 0.756. The van der Waals surface area contributed by atoms with Crippen LogP contribution in [0.5, 0.6) is 5.75 Å². The van der Waals surface area contributed by atoms with Gasteiger partial charge in [0, 0.05) is 24.2 Å². The monoisotopic (exact) mass is 324 g/mol. The van der Waals surface area contributed by atoms with Crippen molar-refractivity contribution in [2.75, 3.05) is 20.7 Å². The number of aryl methyl sites for hydroxylation is 2. The Balaban J connectivity index is 1.70. The van der Waals surface area contributed by atoms with Gasteiger partial charge in [0.15, 0.2) is 0 Å². The summed E-state index contributed by atoms with van der Waals surface area (Å²) in [6, 6.07) is 10.2. The van der Waals surface area contributed by atoms with Crippen molar-refractivity contribution in [3.05, 3.63) is 53.0 Å². The van der Waals surface area contributed by atoms with Gasteiger partial charge in [0.25, 0.3) is 0 Å². The summed E-state index contributed by atoms with van der Waals surface area (Å²) in [5, 5.41) is 8.41. The van der Waals surface area contributed by atoms with Crippen LogP contribution in [0.4, 0.5) is 0 Å². The molecular formula is C19H24N4O. The first-order valence-corrected chi connectivity index (χ1v) is 8.20. The zero-order valence-corrected chi connectivity index (χ0v) is 14.8. The third kappa shape index (κ3) is 3.41. The lowest BCUT2D eigenvalue weighted by Gasteiger charge is -2.17. The Morgan fingerprint density at radius 2 is 2.00 bits per heavy atom. The van der Waals surface area contributed by atoms with Crippen LogP contribution in [0.1, 0.15) is 22.6 Å². The topological polar surface area (TPSA) is 54.0 Å². The third-order valence-electron chi connectivity index (χ3n) is 4.42. The zero-order chi connectivity index (χ0) is 17.1. The van der Waals surface area contributed by atoms with E-state index in [2.05, 4.69) is 54.2 Å². The third-order valence-corrected chi connectivity index (χ3v) is 4.42. The predicted molar refractivity (Wildman–Crippen MR) is 96.4 cm³/mol. The van der Waals surface area contributed by atoms with Gasteiger partial charge >= 0.3 is 0 Å². The molecule has 0 aliphatic rings. The molecule has 0 aliphatic heterocycles. The molecule has 0 amide bonds. The number of hydrogen-bond acceptors (Lipinski definition) is 4. The SMILES string of the molecule is COc1cccc2ccc(CN(C)CCc3c(C)n[nH]c3C)nc12. The van der Waals surface area contributed by atoms with Gasteiger partial charge < -0.3 is 9.64 Å². The fourth-order valence-corrected chi connectivity index (χ4v) is 3.01. The van der Waals surface area contributed by atoms with Gasteiger partial charge in [-0.3, -0.25) is 5.10 Å². The first kappa shape index (κ1) is 16.5. The Labute approximate surface area is 142 Å². The normalized spacial score (nSPS) is 11.4. The second-order valence-electron chi connectivity index (χ2n) is 6.23. The van der Waals surface area contributed by atoms with Crippen molar-refractivity contribution in [3.8, 4) is 5.75 Å².